The molecule has 1 aromatic carbocycles. The van der Waals surface area contributed by atoms with Gasteiger partial charge in [0.15, 0.2) is 0 Å². The Morgan fingerprint density at radius 3 is 3.00 bits per heavy atom. The Labute approximate surface area is 132 Å². The molecular weight excluding hydrogens is 330 g/mol. The lowest BCUT2D eigenvalue weighted by atomic mass is 10.1. The standard InChI is InChI=1S/C16H18BrN3O/c1-20(10-15(21)19-12-5-6-12)9-11-4-7-14(17)13-3-2-8-18-16(11)13/h2-4,7-8,12H,5-6,9-10H2,1H3,(H,19,21). The van der Waals surface area contributed by atoms with Gasteiger partial charge in [0.25, 0.3) is 0 Å². The van der Waals surface area contributed by atoms with E-state index >= 15 is 0 Å². The Bertz CT molecular complexity index is 670. The number of benzene rings is 1. The van der Waals surface area contributed by atoms with E-state index in [0.29, 0.717) is 19.1 Å². The molecular formula is C16H18BrN3O. The molecule has 1 saturated carbocycles. The fourth-order valence-corrected chi connectivity index (χ4v) is 2.87. The molecule has 0 aliphatic heterocycles. The zero-order chi connectivity index (χ0) is 14.8. The van der Waals surface area contributed by atoms with Crippen LogP contribution in [0.5, 0.6) is 0 Å². The number of nitrogens with one attached hydrogen (secondary N) is 1. The van der Waals surface area contributed by atoms with Crippen LogP contribution < -0.4 is 5.32 Å². The highest BCUT2D eigenvalue weighted by atomic mass is 79.9. The number of amides is 1. The van der Waals surface area contributed by atoms with Crippen LogP contribution in [0.15, 0.2) is 34.9 Å². The van der Waals surface area contributed by atoms with E-state index < -0.39 is 0 Å². The van der Waals surface area contributed by atoms with Gasteiger partial charge in [0.2, 0.25) is 5.91 Å². The van der Waals surface area contributed by atoms with Crippen molar-refractivity contribution in [2.45, 2.75) is 25.4 Å². The summed E-state index contributed by atoms with van der Waals surface area (Å²) >= 11 is 3.55. The first-order chi connectivity index (χ1) is 10.1. The Balaban J connectivity index is 1.72. The van der Waals surface area contributed by atoms with E-state index in [1.807, 2.05) is 24.1 Å². The maximum atomic E-state index is 11.8. The number of aromatic nitrogens is 1. The Morgan fingerprint density at radius 1 is 1.43 bits per heavy atom. The quantitative estimate of drug-likeness (QED) is 0.904. The summed E-state index contributed by atoms with van der Waals surface area (Å²) < 4.78 is 1.04. The lowest BCUT2D eigenvalue weighted by Gasteiger charge is -2.17. The predicted molar refractivity (Wildman–Crippen MR) is 86.9 cm³/mol. The van der Waals surface area contributed by atoms with Crippen LogP contribution in [0.1, 0.15) is 18.4 Å². The topological polar surface area (TPSA) is 45.2 Å². The molecule has 4 nitrogen and oxygen atoms in total. The molecule has 1 amide bonds. The van der Waals surface area contributed by atoms with Crippen LogP contribution in [0.3, 0.4) is 0 Å². The number of fused-ring (bicyclic) bond motifs is 1. The zero-order valence-electron chi connectivity index (χ0n) is 12.0. The van der Waals surface area contributed by atoms with Crippen LogP contribution in [0.2, 0.25) is 0 Å². The second-order valence-corrected chi connectivity index (χ2v) is 6.47. The van der Waals surface area contributed by atoms with Gasteiger partial charge in [-0.15, -0.1) is 0 Å². The van der Waals surface area contributed by atoms with E-state index in [1.54, 1.807) is 6.20 Å². The van der Waals surface area contributed by atoms with E-state index in [4.69, 9.17) is 0 Å². The minimum Gasteiger partial charge on any atom is -0.352 e. The number of likely N-dealkylation sites (N-methyl/N-ethyl adjacent to an activating group) is 1. The van der Waals surface area contributed by atoms with E-state index in [2.05, 4.69) is 38.4 Å². The van der Waals surface area contributed by atoms with Crippen molar-refractivity contribution in [3.05, 3.63) is 40.5 Å². The van der Waals surface area contributed by atoms with E-state index in [9.17, 15) is 4.79 Å². The highest BCUT2D eigenvalue weighted by Gasteiger charge is 2.23. The van der Waals surface area contributed by atoms with Crippen molar-refractivity contribution in [2.24, 2.45) is 0 Å². The Kier molecular flexibility index (Phi) is 4.22. The second kappa shape index (κ2) is 6.12. The molecule has 0 spiro atoms. The lowest BCUT2D eigenvalue weighted by molar-refractivity contribution is -0.122. The minimum atomic E-state index is 0.106. The number of nitrogens with zero attached hydrogens (tertiary/aromatic N) is 2. The van der Waals surface area contributed by atoms with Crippen molar-refractivity contribution >= 4 is 32.7 Å². The van der Waals surface area contributed by atoms with Gasteiger partial charge in [-0.05, 0) is 37.6 Å². The highest BCUT2D eigenvalue weighted by Crippen LogP contribution is 2.25. The summed E-state index contributed by atoms with van der Waals surface area (Å²) in [7, 11) is 1.96. The average molecular weight is 348 g/mol. The summed E-state index contributed by atoms with van der Waals surface area (Å²) in [6, 6.07) is 8.51. The molecule has 0 saturated heterocycles. The Morgan fingerprint density at radius 2 is 2.24 bits per heavy atom. The predicted octanol–water partition coefficient (Wildman–Crippen LogP) is 2.71. The molecule has 5 heteroatoms. The fourth-order valence-electron chi connectivity index (χ4n) is 2.42. The summed E-state index contributed by atoms with van der Waals surface area (Å²) in [4.78, 5) is 18.3. The van der Waals surface area contributed by atoms with Crippen LogP contribution in [0.25, 0.3) is 10.9 Å². The Hall–Kier alpha value is -1.46. The summed E-state index contributed by atoms with van der Waals surface area (Å²) in [6.07, 6.45) is 4.05. The van der Waals surface area contributed by atoms with Gasteiger partial charge in [-0.1, -0.05) is 28.1 Å². The minimum absolute atomic E-state index is 0.106. The first-order valence-corrected chi connectivity index (χ1v) is 7.93. The molecule has 0 atom stereocenters. The number of halogens is 1. The maximum Gasteiger partial charge on any atom is 0.234 e. The zero-order valence-corrected chi connectivity index (χ0v) is 13.6. The molecule has 1 aliphatic rings. The normalized spacial score (nSPS) is 14.6. The average Bonchev–Trinajstić information content (AvgIpc) is 3.26. The van der Waals surface area contributed by atoms with Crippen molar-refractivity contribution < 1.29 is 4.79 Å². The van der Waals surface area contributed by atoms with Gasteiger partial charge in [-0.3, -0.25) is 14.7 Å². The van der Waals surface area contributed by atoms with Crippen LogP contribution in [-0.4, -0.2) is 35.4 Å². The van der Waals surface area contributed by atoms with Crippen LogP contribution in [-0.2, 0) is 11.3 Å². The van der Waals surface area contributed by atoms with E-state index in [0.717, 1.165) is 33.8 Å². The van der Waals surface area contributed by atoms with Gasteiger partial charge < -0.3 is 5.32 Å². The van der Waals surface area contributed by atoms with Gasteiger partial charge in [-0.25, -0.2) is 0 Å². The van der Waals surface area contributed by atoms with E-state index in [1.165, 1.54) is 0 Å². The first kappa shape index (κ1) is 14.5. The van der Waals surface area contributed by atoms with Gasteiger partial charge in [0.1, 0.15) is 0 Å². The third kappa shape index (κ3) is 3.60. The third-order valence-electron chi connectivity index (χ3n) is 3.60. The smallest absolute Gasteiger partial charge is 0.234 e. The summed E-state index contributed by atoms with van der Waals surface area (Å²) in [5.41, 5.74) is 2.12. The van der Waals surface area contributed by atoms with Crippen molar-refractivity contribution in [2.75, 3.05) is 13.6 Å². The number of hydrogen-bond acceptors (Lipinski definition) is 3. The maximum absolute atomic E-state index is 11.8. The molecule has 0 radical (unpaired) electrons. The number of carbonyl (C=O) groups is 1. The fraction of sp³-hybridized carbons (Fsp3) is 0.375. The summed E-state index contributed by atoms with van der Waals surface area (Å²) in [5.74, 6) is 0.106. The van der Waals surface area contributed by atoms with Crippen molar-refractivity contribution in [3.8, 4) is 0 Å². The molecule has 1 aromatic heterocycles. The highest BCUT2D eigenvalue weighted by molar-refractivity contribution is 9.10. The molecule has 1 N–H and O–H groups in total. The summed E-state index contributed by atoms with van der Waals surface area (Å²) in [5, 5.41) is 4.12. The van der Waals surface area contributed by atoms with Crippen LogP contribution >= 0.6 is 15.9 Å². The molecule has 3 rings (SSSR count). The van der Waals surface area contributed by atoms with Crippen molar-refractivity contribution in [1.82, 2.24) is 15.2 Å². The van der Waals surface area contributed by atoms with Gasteiger partial charge in [0.05, 0.1) is 12.1 Å². The monoisotopic (exact) mass is 347 g/mol. The van der Waals surface area contributed by atoms with E-state index in [-0.39, 0.29) is 5.91 Å². The molecule has 0 unspecified atom stereocenters. The molecule has 2 aromatic rings. The van der Waals surface area contributed by atoms with Gasteiger partial charge in [-0.2, -0.15) is 0 Å². The van der Waals surface area contributed by atoms with Crippen molar-refractivity contribution in [3.63, 3.8) is 0 Å². The molecule has 1 fully saturated rings. The SMILES string of the molecule is CN(CC(=O)NC1CC1)Cc1ccc(Br)c2cccnc12. The van der Waals surface area contributed by atoms with Crippen LogP contribution in [0, 0.1) is 0 Å². The lowest BCUT2D eigenvalue weighted by Crippen LogP contribution is -2.36. The van der Waals surface area contributed by atoms with Crippen molar-refractivity contribution in [1.29, 1.82) is 0 Å². The van der Waals surface area contributed by atoms with Gasteiger partial charge >= 0.3 is 0 Å². The molecule has 21 heavy (non-hydrogen) atoms. The second-order valence-electron chi connectivity index (χ2n) is 5.62. The third-order valence-corrected chi connectivity index (χ3v) is 4.29. The molecule has 110 valence electrons. The number of hydrogen-bond donors (Lipinski definition) is 1. The van der Waals surface area contributed by atoms with Crippen LogP contribution in [0.4, 0.5) is 0 Å². The molecule has 0 bridgehead atoms. The molecule has 1 aliphatic carbocycles. The summed E-state index contributed by atoms with van der Waals surface area (Å²) in [6.45, 7) is 1.12. The molecule has 1 heterocycles. The number of rotatable bonds is 5. The first-order valence-electron chi connectivity index (χ1n) is 7.13. The van der Waals surface area contributed by atoms with Gasteiger partial charge in [0, 0.05) is 28.6 Å². The largest absolute Gasteiger partial charge is 0.352 e. The number of carbonyl (C=O) groups excluding carboxylic acids is 1. The number of pyridine rings is 1.